The molecule has 7 heteroatoms. The van der Waals surface area contributed by atoms with E-state index in [2.05, 4.69) is 5.32 Å². The predicted molar refractivity (Wildman–Crippen MR) is 77.3 cm³/mol. The number of anilines is 1. The van der Waals surface area contributed by atoms with Crippen LogP contribution < -0.4 is 5.32 Å². The van der Waals surface area contributed by atoms with E-state index in [1.54, 1.807) is 6.07 Å². The van der Waals surface area contributed by atoms with Gasteiger partial charge in [0, 0.05) is 11.3 Å². The number of hydrogen-bond donors (Lipinski definition) is 2. The van der Waals surface area contributed by atoms with Crippen LogP contribution in [-0.4, -0.2) is 11.0 Å². The molecule has 3 aromatic rings. The number of amides is 1. The van der Waals surface area contributed by atoms with Gasteiger partial charge >= 0.3 is 6.18 Å². The third-order valence-electron chi connectivity index (χ3n) is 3.26. The molecule has 0 atom stereocenters. The second kappa shape index (κ2) is 5.35. The lowest BCUT2D eigenvalue weighted by Crippen LogP contribution is -2.13. The maximum absolute atomic E-state index is 12.7. The van der Waals surface area contributed by atoms with Crippen molar-refractivity contribution in [3.05, 3.63) is 59.9 Å². The van der Waals surface area contributed by atoms with Gasteiger partial charge in [-0.15, -0.1) is 0 Å². The number of halogens is 3. The lowest BCUT2D eigenvalue weighted by Gasteiger charge is -2.10. The summed E-state index contributed by atoms with van der Waals surface area (Å²) in [5.74, 6) is -0.802. The molecule has 0 aliphatic carbocycles. The summed E-state index contributed by atoms with van der Waals surface area (Å²) >= 11 is 0. The number of alkyl halides is 3. The molecule has 0 radical (unpaired) electrons. The van der Waals surface area contributed by atoms with Gasteiger partial charge in [-0.2, -0.15) is 13.2 Å². The summed E-state index contributed by atoms with van der Waals surface area (Å²) in [5.41, 5.74) is -0.481. The van der Waals surface area contributed by atoms with Gasteiger partial charge in [-0.1, -0.05) is 6.07 Å². The molecule has 0 bridgehead atoms. The van der Waals surface area contributed by atoms with Crippen molar-refractivity contribution in [2.24, 2.45) is 0 Å². The van der Waals surface area contributed by atoms with Crippen molar-refractivity contribution in [1.82, 2.24) is 0 Å². The highest BCUT2D eigenvalue weighted by Gasteiger charge is 2.30. The van der Waals surface area contributed by atoms with Crippen molar-refractivity contribution >= 4 is 22.6 Å². The molecule has 1 aromatic heterocycles. The molecule has 0 unspecified atom stereocenters. The Morgan fingerprint density at radius 3 is 2.65 bits per heavy atom. The third-order valence-corrected chi connectivity index (χ3v) is 3.26. The van der Waals surface area contributed by atoms with Crippen molar-refractivity contribution in [2.75, 3.05) is 5.32 Å². The molecule has 118 valence electrons. The van der Waals surface area contributed by atoms with Gasteiger partial charge in [-0.25, -0.2) is 0 Å². The Balaban J connectivity index is 1.89. The minimum absolute atomic E-state index is 0.00357. The van der Waals surface area contributed by atoms with Crippen LogP contribution >= 0.6 is 0 Å². The van der Waals surface area contributed by atoms with Gasteiger partial charge in [0.05, 0.1) is 17.2 Å². The second-order valence-electron chi connectivity index (χ2n) is 4.86. The van der Waals surface area contributed by atoms with E-state index >= 15 is 0 Å². The minimum Gasteiger partial charge on any atom is -0.507 e. The zero-order valence-electron chi connectivity index (χ0n) is 11.5. The summed E-state index contributed by atoms with van der Waals surface area (Å²) < 4.78 is 43.1. The molecule has 0 saturated heterocycles. The highest BCUT2D eigenvalue weighted by Crippen LogP contribution is 2.31. The Kier molecular flexibility index (Phi) is 3.48. The van der Waals surface area contributed by atoms with Gasteiger partial charge in [0.15, 0.2) is 0 Å². The van der Waals surface area contributed by atoms with Crippen LogP contribution in [0.15, 0.2) is 53.1 Å². The fraction of sp³-hybridized carbons (Fsp3) is 0.0625. The molecule has 1 heterocycles. The Hall–Kier alpha value is -2.96. The third kappa shape index (κ3) is 2.98. The Morgan fingerprint density at radius 2 is 1.91 bits per heavy atom. The number of hydrogen-bond acceptors (Lipinski definition) is 3. The first-order chi connectivity index (χ1) is 10.8. The zero-order valence-corrected chi connectivity index (χ0v) is 11.5. The molecule has 0 saturated carbocycles. The number of carbonyl (C=O) groups excluding carboxylic acids is 1. The lowest BCUT2D eigenvalue weighted by molar-refractivity contribution is -0.137. The van der Waals surface area contributed by atoms with E-state index in [9.17, 15) is 23.1 Å². The van der Waals surface area contributed by atoms with Crippen molar-refractivity contribution in [1.29, 1.82) is 0 Å². The highest BCUT2D eigenvalue weighted by molar-refractivity contribution is 6.06. The monoisotopic (exact) mass is 321 g/mol. The van der Waals surface area contributed by atoms with Crippen molar-refractivity contribution in [2.45, 2.75) is 6.18 Å². The number of rotatable bonds is 2. The fourth-order valence-electron chi connectivity index (χ4n) is 2.16. The number of carbonyl (C=O) groups is 1. The maximum atomic E-state index is 12.7. The minimum atomic E-state index is -4.49. The van der Waals surface area contributed by atoms with Gasteiger partial charge in [-0.05, 0) is 36.4 Å². The average molecular weight is 321 g/mol. The molecule has 3 rings (SSSR count). The van der Waals surface area contributed by atoms with Crippen molar-refractivity contribution < 1.29 is 27.5 Å². The molecular weight excluding hydrogens is 311 g/mol. The van der Waals surface area contributed by atoms with Crippen LogP contribution in [0.1, 0.15) is 15.9 Å². The molecule has 0 aliphatic heterocycles. The smallest absolute Gasteiger partial charge is 0.416 e. The van der Waals surface area contributed by atoms with E-state index < -0.39 is 17.6 Å². The van der Waals surface area contributed by atoms with Crippen LogP contribution in [-0.2, 0) is 6.18 Å². The molecule has 1 amide bonds. The first-order valence-corrected chi connectivity index (χ1v) is 6.53. The SMILES string of the molecule is O=C(Nc1cccc(C(F)(F)F)c1)c1cc(O)c2ccoc2c1. The number of phenols is 1. The molecule has 0 aliphatic rings. The lowest BCUT2D eigenvalue weighted by atomic mass is 10.1. The van der Waals surface area contributed by atoms with Gasteiger partial charge < -0.3 is 14.8 Å². The number of nitrogens with one attached hydrogen (secondary N) is 1. The summed E-state index contributed by atoms with van der Waals surface area (Å²) in [7, 11) is 0. The summed E-state index contributed by atoms with van der Waals surface area (Å²) in [6, 6.07) is 8.46. The quantitative estimate of drug-likeness (QED) is 0.735. The predicted octanol–water partition coefficient (Wildman–Crippen LogP) is 4.41. The summed E-state index contributed by atoms with van der Waals surface area (Å²) in [6.45, 7) is 0. The van der Waals surface area contributed by atoms with E-state index in [4.69, 9.17) is 4.42 Å². The van der Waals surface area contributed by atoms with Gasteiger partial charge in [0.1, 0.15) is 11.3 Å². The average Bonchev–Trinajstić information content (AvgIpc) is 2.95. The topological polar surface area (TPSA) is 62.5 Å². The highest BCUT2D eigenvalue weighted by atomic mass is 19.4. The van der Waals surface area contributed by atoms with E-state index in [-0.39, 0.29) is 17.0 Å². The first-order valence-electron chi connectivity index (χ1n) is 6.53. The summed E-state index contributed by atoms with van der Waals surface area (Å²) in [6.07, 6.45) is -3.13. The number of aromatic hydroxyl groups is 1. The standard InChI is InChI=1S/C16H10F3NO3/c17-16(18,19)10-2-1-3-11(8-10)20-15(22)9-6-13(21)12-4-5-23-14(12)7-9/h1-8,21H,(H,20,22). The van der Waals surface area contributed by atoms with Gasteiger partial charge in [0.2, 0.25) is 0 Å². The molecule has 23 heavy (non-hydrogen) atoms. The Bertz CT molecular complexity index is 884. The van der Waals surface area contributed by atoms with E-state index in [0.717, 1.165) is 12.1 Å². The Labute approximate surface area is 128 Å². The fourth-order valence-corrected chi connectivity index (χ4v) is 2.16. The van der Waals surface area contributed by atoms with Crippen LogP contribution in [0.2, 0.25) is 0 Å². The first kappa shape index (κ1) is 15.0. The van der Waals surface area contributed by atoms with Crippen molar-refractivity contribution in [3.8, 4) is 5.75 Å². The van der Waals surface area contributed by atoms with Crippen LogP contribution in [0.4, 0.5) is 18.9 Å². The van der Waals surface area contributed by atoms with E-state index in [1.165, 1.54) is 30.5 Å². The number of fused-ring (bicyclic) bond motifs is 1. The molecule has 4 nitrogen and oxygen atoms in total. The van der Waals surface area contributed by atoms with Crippen LogP contribution in [0.25, 0.3) is 11.0 Å². The molecule has 2 N–H and O–H groups in total. The second-order valence-corrected chi connectivity index (χ2v) is 4.86. The number of phenolic OH excluding ortho intramolecular Hbond substituents is 1. The molecule has 2 aromatic carbocycles. The summed E-state index contributed by atoms with van der Waals surface area (Å²) in [4.78, 5) is 12.1. The van der Waals surface area contributed by atoms with Gasteiger partial charge in [0.25, 0.3) is 5.91 Å². The summed E-state index contributed by atoms with van der Waals surface area (Å²) in [5, 5.41) is 12.6. The molecule has 0 spiro atoms. The zero-order chi connectivity index (χ0) is 16.6. The molecule has 0 fully saturated rings. The largest absolute Gasteiger partial charge is 0.507 e. The van der Waals surface area contributed by atoms with E-state index in [0.29, 0.717) is 11.0 Å². The van der Waals surface area contributed by atoms with E-state index in [1.807, 2.05) is 0 Å². The van der Waals surface area contributed by atoms with Gasteiger partial charge in [-0.3, -0.25) is 4.79 Å². The number of furan rings is 1. The number of benzene rings is 2. The Morgan fingerprint density at radius 1 is 1.13 bits per heavy atom. The van der Waals surface area contributed by atoms with Crippen LogP contribution in [0, 0.1) is 0 Å². The van der Waals surface area contributed by atoms with Crippen LogP contribution in [0.5, 0.6) is 5.75 Å². The normalized spacial score (nSPS) is 11.6. The van der Waals surface area contributed by atoms with Crippen molar-refractivity contribution in [3.63, 3.8) is 0 Å². The van der Waals surface area contributed by atoms with Crippen LogP contribution in [0.3, 0.4) is 0 Å². The maximum Gasteiger partial charge on any atom is 0.416 e. The molecular formula is C16H10F3NO3.